The van der Waals surface area contributed by atoms with Crippen molar-refractivity contribution in [3.63, 3.8) is 0 Å². The van der Waals surface area contributed by atoms with Crippen molar-refractivity contribution in [1.29, 1.82) is 0 Å². The highest BCUT2D eigenvalue weighted by Gasteiger charge is 2.25. The van der Waals surface area contributed by atoms with Gasteiger partial charge in [-0.15, -0.1) is 0 Å². The molecule has 0 heterocycles. The van der Waals surface area contributed by atoms with Crippen LogP contribution in [0, 0.1) is 5.41 Å². The van der Waals surface area contributed by atoms with E-state index in [4.69, 9.17) is 9.84 Å². The zero-order valence-electron chi connectivity index (χ0n) is 9.25. The van der Waals surface area contributed by atoms with Gasteiger partial charge in [-0.2, -0.15) is 0 Å². The minimum absolute atomic E-state index is 0.615. The molecule has 0 aromatic carbocycles. The van der Waals surface area contributed by atoms with Crippen LogP contribution in [-0.4, -0.2) is 24.3 Å². The summed E-state index contributed by atoms with van der Waals surface area (Å²) in [6.07, 6.45) is 5.30. The molecule has 3 nitrogen and oxygen atoms in total. The molecular formula is C11H20O3. The number of hydrogen-bond donors (Lipinski definition) is 1. The van der Waals surface area contributed by atoms with Gasteiger partial charge in [0.25, 0.3) is 0 Å². The van der Waals surface area contributed by atoms with Gasteiger partial charge in [0.15, 0.2) is 0 Å². The molecule has 0 fully saturated rings. The van der Waals surface area contributed by atoms with Crippen LogP contribution in [0.3, 0.4) is 0 Å². The first-order valence-corrected chi connectivity index (χ1v) is 4.93. The summed E-state index contributed by atoms with van der Waals surface area (Å²) < 4.78 is 5.27. The number of allylic oxidation sites excluding steroid dienone is 1. The maximum absolute atomic E-state index is 10.7. The van der Waals surface area contributed by atoms with Crippen LogP contribution in [-0.2, 0) is 9.53 Å². The van der Waals surface area contributed by atoms with Crippen molar-refractivity contribution in [2.24, 2.45) is 5.41 Å². The Morgan fingerprint density at radius 3 is 2.64 bits per heavy atom. The van der Waals surface area contributed by atoms with E-state index in [2.05, 4.69) is 0 Å². The highest BCUT2D eigenvalue weighted by molar-refractivity contribution is 5.73. The highest BCUT2D eigenvalue weighted by Crippen LogP contribution is 2.22. The molecule has 1 N–H and O–H groups in total. The third-order valence-electron chi connectivity index (χ3n) is 2.12. The van der Waals surface area contributed by atoms with Crippen LogP contribution >= 0.6 is 0 Å². The molecule has 3 heteroatoms. The van der Waals surface area contributed by atoms with Gasteiger partial charge >= 0.3 is 5.97 Å². The van der Waals surface area contributed by atoms with Gasteiger partial charge in [0.05, 0.1) is 12.0 Å². The van der Waals surface area contributed by atoms with E-state index in [0.29, 0.717) is 19.6 Å². The quantitative estimate of drug-likeness (QED) is 0.507. The second-order valence-corrected chi connectivity index (χ2v) is 3.94. The number of ether oxygens (including phenoxy) is 1. The van der Waals surface area contributed by atoms with Crippen LogP contribution < -0.4 is 0 Å². The van der Waals surface area contributed by atoms with E-state index in [1.807, 2.05) is 19.1 Å². The smallest absolute Gasteiger partial charge is 0.309 e. The van der Waals surface area contributed by atoms with Crippen LogP contribution in [0.4, 0.5) is 0 Å². The topological polar surface area (TPSA) is 46.5 Å². The van der Waals surface area contributed by atoms with Gasteiger partial charge in [-0.1, -0.05) is 12.2 Å². The van der Waals surface area contributed by atoms with Crippen molar-refractivity contribution in [1.82, 2.24) is 0 Å². The van der Waals surface area contributed by atoms with Crippen LogP contribution in [0.15, 0.2) is 12.2 Å². The molecule has 0 unspecified atom stereocenters. The summed E-state index contributed by atoms with van der Waals surface area (Å²) in [5.41, 5.74) is -0.635. The summed E-state index contributed by atoms with van der Waals surface area (Å²) in [6.45, 7) is 6.66. The largest absolute Gasteiger partial charge is 0.481 e. The van der Waals surface area contributed by atoms with Gasteiger partial charge in [-0.25, -0.2) is 0 Å². The van der Waals surface area contributed by atoms with Crippen molar-refractivity contribution in [2.45, 2.75) is 33.6 Å². The van der Waals surface area contributed by atoms with Crippen molar-refractivity contribution in [3.8, 4) is 0 Å². The Hall–Kier alpha value is -0.830. The third kappa shape index (κ3) is 5.75. The monoisotopic (exact) mass is 200 g/mol. The van der Waals surface area contributed by atoms with Crippen LogP contribution in [0.5, 0.6) is 0 Å². The summed E-state index contributed by atoms with van der Waals surface area (Å²) in [4.78, 5) is 10.7. The van der Waals surface area contributed by atoms with Gasteiger partial charge in [0.1, 0.15) is 0 Å². The van der Waals surface area contributed by atoms with Crippen molar-refractivity contribution >= 4 is 5.97 Å². The van der Waals surface area contributed by atoms with E-state index < -0.39 is 11.4 Å². The van der Waals surface area contributed by atoms with E-state index >= 15 is 0 Å². The van der Waals surface area contributed by atoms with Gasteiger partial charge in [0, 0.05) is 6.61 Å². The first kappa shape index (κ1) is 13.2. The Balaban J connectivity index is 3.49. The predicted molar refractivity (Wildman–Crippen MR) is 56.3 cm³/mol. The number of carboxylic acid groups (broad SMARTS) is 1. The minimum Gasteiger partial charge on any atom is -0.481 e. The molecule has 0 aliphatic rings. The molecule has 0 spiro atoms. The summed E-state index contributed by atoms with van der Waals surface area (Å²) in [5, 5.41) is 8.83. The molecular weight excluding hydrogens is 180 g/mol. The number of aliphatic carboxylic acids is 1. The fourth-order valence-electron chi connectivity index (χ4n) is 0.971. The molecule has 0 aliphatic carbocycles. The van der Waals surface area contributed by atoms with Crippen molar-refractivity contribution < 1.29 is 14.6 Å². The number of carboxylic acids is 1. The Kier molecular flexibility index (Phi) is 6.21. The molecule has 0 bridgehead atoms. The average molecular weight is 200 g/mol. The maximum atomic E-state index is 10.7. The van der Waals surface area contributed by atoms with E-state index in [-0.39, 0.29) is 0 Å². The molecule has 0 aromatic heterocycles. The van der Waals surface area contributed by atoms with Crippen LogP contribution in [0.25, 0.3) is 0 Å². The average Bonchev–Trinajstić information content (AvgIpc) is 2.10. The van der Waals surface area contributed by atoms with E-state index in [9.17, 15) is 4.79 Å². The molecule has 0 radical (unpaired) electrons. The Morgan fingerprint density at radius 1 is 1.50 bits per heavy atom. The summed E-state index contributed by atoms with van der Waals surface area (Å²) in [6, 6.07) is 0. The minimum atomic E-state index is -0.744. The summed E-state index contributed by atoms with van der Waals surface area (Å²) >= 11 is 0. The summed E-state index contributed by atoms with van der Waals surface area (Å²) in [5.74, 6) is -0.744. The molecule has 0 amide bonds. The molecule has 0 atom stereocenters. The number of hydrogen-bond acceptors (Lipinski definition) is 2. The lowest BCUT2D eigenvalue weighted by Gasteiger charge is -2.18. The molecule has 0 rings (SSSR count). The zero-order chi connectivity index (χ0) is 11.0. The molecule has 0 aromatic rings. The van der Waals surface area contributed by atoms with E-state index in [1.165, 1.54) is 0 Å². The summed E-state index contributed by atoms with van der Waals surface area (Å²) in [7, 11) is 0. The lowest BCUT2D eigenvalue weighted by molar-refractivity contribution is -0.147. The fourth-order valence-corrected chi connectivity index (χ4v) is 0.971. The lowest BCUT2D eigenvalue weighted by Crippen LogP contribution is -2.23. The first-order valence-electron chi connectivity index (χ1n) is 4.93. The Bertz CT molecular complexity index is 195. The number of carbonyl (C=O) groups is 1. The van der Waals surface area contributed by atoms with Gasteiger partial charge in [-0.05, 0) is 33.6 Å². The van der Waals surface area contributed by atoms with E-state index in [0.717, 1.165) is 6.42 Å². The van der Waals surface area contributed by atoms with Crippen LogP contribution in [0.2, 0.25) is 0 Å². The van der Waals surface area contributed by atoms with Gasteiger partial charge in [-0.3, -0.25) is 4.79 Å². The Labute approximate surface area is 85.8 Å². The molecule has 0 saturated carbocycles. The van der Waals surface area contributed by atoms with Crippen molar-refractivity contribution in [2.75, 3.05) is 13.2 Å². The fraction of sp³-hybridized carbons (Fsp3) is 0.727. The Morgan fingerprint density at radius 2 is 2.14 bits per heavy atom. The number of rotatable bonds is 7. The zero-order valence-corrected chi connectivity index (χ0v) is 9.25. The second kappa shape index (κ2) is 6.60. The van der Waals surface area contributed by atoms with Gasteiger partial charge in [0.2, 0.25) is 0 Å². The van der Waals surface area contributed by atoms with E-state index in [1.54, 1.807) is 13.8 Å². The normalized spacial score (nSPS) is 12.2. The third-order valence-corrected chi connectivity index (χ3v) is 2.12. The molecule has 0 saturated heterocycles. The highest BCUT2D eigenvalue weighted by atomic mass is 16.5. The predicted octanol–water partition coefficient (Wildman–Crippen LogP) is 2.47. The molecule has 14 heavy (non-hydrogen) atoms. The molecule has 82 valence electrons. The standard InChI is InChI=1S/C11H20O3/c1-4-5-8-14-9-6-7-11(2,3)10(12)13/h4-5H,6-9H2,1-3H3,(H,12,13). The molecule has 0 aliphatic heterocycles. The van der Waals surface area contributed by atoms with Gasteiger partial charge < -0.3 is 9.84 Å². The SMILES string of the molecule is CC=CCOCCCC(C)(C)C(=O)O. The van der Waals surface area contributed by atoms with Crippen molar-refractivity contribution in [3.05, 3.63) is 12.2 Å². The maximum Gasteiger partial charge on any atom is 0.309 e. The lowest BCUT2D eigenvalue weighted by atomic mass is 9.88. The first-order chi connectivity index (χ1) is 6.50. The van der Waals surface area contributed by atoms with Crippen LogP contribution in [0.1, 0.15) is 33.6 Å². The second-order valence-electron chi connectivity index (χ2n) is 3.94.